The minimum absolute atomic E-state index is 0.141. The van der Waals surface area contributed by atoms with E-state index >= 15 is 0 Å². The van der Waals surface area contributed by atoms with E-state index in [0.717, 1.165) is 24.2 Å². The van der Waals surface area contributed by atoms with Crippen molar-refractivity contribution in [3.05, 3.63) is 52.7 Å². The van der Waals surface area contributed by atoms with Gasteiger partial charge in [0.15, 0.2) is 17.3 Å². The summed E-state index contributed by atoms with van der Waals surface area (Å²) in [5.74, 6) is 2.03. The molecule has 0 bridgehead atoms. The van der Waals surface area contributed by atoms with Crippen molar-refractivity contribution in [1.29, 1.82) is 0 Å². The van der Waals surface area contributed by atoms with Crippen molar-refractivity contribution in [2.24, 2.45) is 0 Å². The number of amides is 1. The van der Waals surface area contributed by atoms with E-state index in [-0.39, 0.29) is 5.91 Å². The molecule has 210 valence electrons. The number of aryl methyl sites for hydroxylation is 1. The lowest BCUT2D eigenvalue weighted by Gasteiger charge is -2.29. The summed E-state index contributed by atoms with van der Waals surface area (Å²) < 4.78 is 17.8. The van der Waals surface area contributed by atoms with Crippen LogP contribution in [0.4, 0.5) is 11.5 Å². The van der Waals surface area contributed by atoms with Gasteiger partial charge in [0, 0.05) is 38.9 Å². The Morgan fingerprint density at radius 3 is 2.58 bits per heavy atom. The monoisotopic (exact) mass is 544 g/mol. The number of fused-ring (bicyclic) bond motifs is 1. The second kappa shape index (κ2) is 12.3. The first-order valence-corrected chi connectivity index (χ1v) is 13.7. The van der Waals surface area contributed by atoms with Crippen molar-refractivity contribution in [2.45, 2.75) is 39.0 Å². The molecule has 1 aliphatic heterocycles. The molecule has 10 nitrogen and oxygen atoms in total. The van der Waals surface area contributed by atoms with E-state index in [1.165, 1.54) is 24.9 Å². The predicted molar refractivity (Wildman–Crippen MR) is 155 cm³/mol. The van der Waals surface area contributed by atoms with Crippen LogP contribution >= 0.6 is 0 Å². The zero-order chi connectivity index (χ0) is 28.1. The van der Waals surface area contributed by atoms with Crippen molar-refractivity contribution in [1.82, 2.24) is 19.8 Å². The van der Waals surface area contributed by atoms with Gasteiger partial charge in [0.05, 0.1) is 25.0 Å². The SMILES string of the molecule is COCCCC(=O)Nc1nn2c(-c3cc(OC)ccc3OC)nnc2/c1=C\c1ccc(N2CCCCC2)cc1C. The third-order valence-electron chi connectivity index (χ3n) is 7.27. The molecule has 2 aromatic heterocycles. The smallest absolute Gasteiger partial charge is 0.225 e. The van der Waals surface area contributed by atoms with Crippen LogP contribution in [0.5, 0.6) is 11.5 Å². The molecule has 3 heterocycles. The Labute approximate surface area is 233 Å². The van der Waals surface area contributed by atoms with Gasteiger partial charge >= 0.3 is 0 Å². The maximum absolute atomic E-state index is 12.8. The van der Waals surface area contributed by atoms with Gasteiger partial charge in [-0.3, -0.25) is 4.79 Å². The van der Waals surface area contributed by atoms with Crippen molar-refractivity contribution in [2.75, 3.05) is 51.2 Å². The van der Waals surface area contributed by atoms with Crippen LogP contribution in [0.25, 0.3) is 23.1 Å². The molecule has 1 N–H and O–H groups in total. The van der Waals surface area contributed by atoms with Crippen LogP contribution in [0.15, 0.2) is 36.4 Å². The largest absolute Gasteiger partial charge is 0.497 e. The first-order chi connectivity index (χ1) is 19.5. The maximum Gasteiger partial charge on any atom is 0.225 e. The van der Waals surface area contributed by atoms with Gasteiger partial charge in [-0.1, -0.05) is 6.07 Å². The molecule has 0 radical (unpaired) electrons. The number of carbonyl (C=O) groups is 1. The highest BCUT2D eigenvalue weighted by atomic mass is 16.5. The molecular weight excluding hydrogens is 508 g/mol. The van der Waals surface area contributed by atoms with E-state index in [0.29, 0.717) is 59.0 Å². The molecule has 40 heavy (non-hydrogen) atoms. The quantitative estimate of drug-likeness (QED) is 0.299. The van der Waals surface area contributed by atoms with E-state index in [1.54, 1.807) is 25.8 Å². The molecule has 5 rings (SSSR count). The molecule has 4 aromatic rings. The Balaban J connectivity index is 1.59. The van der Waals surface area contributed by atoms with Crippen LogP contribution in [0.1, 0.15) is 43.2 Å². The first kappa shape index (κ1) is 27.4. The summed E-state index contributed by atoms with van der Waals surface area (Å²) in [5, 5.41) is 17.4. The number of methoxy groups -OCH3 is 3. The summed E-state index contributed by atoms with van der Waals surface area (Å²) in [7, 11) is 4.83. The lowest BCUT2D eigenvalue weighted by Crippen LogP contribution is -2.29. The second-order valence-corrected chi connectivity index (χ2v) is 9.96. The van der Waals surface area contributed by atoms with Crippen molar-refractivity contribution in [3.8, 4) is 22.9 Å². The number of nitrogens with zero attached hydrogens (tertiary/aromatic N) is 5. The molecule has 1 aliphatic rings. The third kappa shape index (κ3) is 5.72. The van der Waals surface area contributed by atoms with Crippen LogP contribution in [0.2, 0.25) is 0 Å². The number of carbonyl (C=O) groups excluding carboxylic acids is 1. The van der Waals surface area contributed by atoms with Crippen molar-refractivity contribution < 1.29 is 19.0 Å². The molecule has 2 aromatic carbocycles. The Bertz CT molecular complexity index is 1540. The summed E-state index contributed by atoms with van der Waals surface area (Å²) in [5.41, 5.74) is 4.61. The Morgan fingerprint density at radius 2 is 1.85 bits per heavy atom. The lowest BCUT2D eigenvalue weighted by molar-refractivity contribution is -0.116. The minimum atomic E-state index is -0.141. The van der Waals surface area contributed by atoms with Crippen LogP contribution in [0, 0.1) is 6.92 Å². The van der Waals surface area contributed by atoms with E-state index < -0.39 is 0 Å². The summed E-state index contributed by atoms with van der Waals surface area (Å²) >= 11 is 0. The summed E-state index contributed by atoms with van der Waals surface area (Å²) in [6, 6.07) is 12.0. The lowest BCUT2D eigenvalue weighted by atomic mass is 10.0. The van der Waals surface area contributed by atoms with Crippen molar-refractivity contribution in [3.63, 3.8) is 0 Å². The van der Waals surface area contributed by atoms with Crippen molar-refractivity contribution >= 4 is 29.1 Å². The average Bonchev–Trinajstić information content (AvgIpc) is 3.53. The van der Waals surface area contributed by atoms with Crippen LogP contribution in [-0.4, -0.2) is 66.7 Å². The number of anilines is 2. The maximum atomic E-state index is 12.8. The summed E-state index contributed by atoms with van der Waals surface area (Å²) in [4.78, 5) is 15.3. The van der Waals surface area contributed by atoms with Gasteiger partial charge in [0.1, 0.15) is 11.5 Å². The Kier molecular flexibility index (Phi) is 8.45. The molecule has 1 saturated heterocycles. The van der Waals surface area contributed by atoms with E-state index in [1.807, 2.05) is 24.3 Å². The second-order valence-electron chi connectivity index (χ2n) is 9.96. The average molecular weight is 545 g/mol. The van der Waals surface area contributed by atoms with Gasteiger partial charge in [0.25, 0.3) is 0 Å². The molecular formula is C30H36N6O4. The van der Waals surface area contributed by atoms with Crippen LogP contribution in [0.3, 0.4) is 0 Å². The number of aromatic nitrogens is 4. The number of ether oxygens (including phenoxy) is 3. The molecule has 10 heteroatoms. The molecule has 0 atom stereocenters. The Morgan fingerprint density at radius 1 is 1.02 bits per heavy atom. The standard InChI is InChI=1S/C30H36N6O4/c1-20-17-22(35-14-6-5-7-15-35)11-10-21(20)18-25-28(31-27(37)9-8-16-38-2)34-36-29(32-33-30(25)36)24-19-23(39-3)12-13-26(24)40-4/h10-13,17-19H,5-9,14-16H2,1-4H3,(H,31,34,37)/b25-18-. The van der Waals surface area contributed by atoms with Crippen LogP contribution in [-0.2, 0) is 9.53 Å². The highest BCUT2D eigenvalue weighted by Crippen LogP contribution is 2.32. The highest BCUT2D eigenvalue weighted by molar-refractivity contribution is 5.91. The first-order valence-electron chi connectivity index (χ1n) is 13.7. The number of benzene rings is 2. The minimum Gasteiger partial charge on any atom is -0.497 e. The van der Waals surface area contributed by atoms with E-state index in [4.69, 9.17) is 19.3 Å². The third-order valence-corrected chi connectivity index (χ3v) is 7.27. The number of hydrogen-bond donors (Lipinski definition) is 1. The Hall–Kier alpha value is -4.18. The van der Waals surface area contributed by atoms with Gasteiger partial charge in [-0.2, -0.15) is 4.52 Å². The van der Waals surface area contributed by atoms with Gasteiger partial charge in [-0.05, 0) is 80.1 Å². The zero-order valence-corrected chi connectivity index (χ0v) is 23.6. The fourth-order valence-electron chi connectivity index (χ4n) is 5.08. The topological polar surface area (TPSA) is 103 Å². The normalized spacial score (nSPS) is 14.1. The predicted octanol–water partition coefficient (Wildman–Crippen LogP) is 4.02. The molecule has 1 fully saturated rings. The van der Waals surface area contributed by atoms with Gasteiger partial charge in [-0.15, -0.1) is 15.3 Å². The molecule has 0 saturated carbocycles. The van der Waals surface area contributed by atoms with Crippen LogP contribution < -0.4 is 24.9 Å². The molecule has 0 aliphatic carbocycles. The molecule has 0 spiro atoms. The van der Waals surface area contributed by atoms with E-state index in [2.05, 4.69) is 45.5 Å². The van der Waals surface area contributed by atoms with Gasteiger partial charge in [-0.25, -0.2) is 0 Å². The van der Waals surface area contributed by atoms with Gasteiger partial charge < -0.3 is 24.4 Å². The molecule has 1 amide bonds. The summed E-state index contributed by atoms with van der Waals surface area (Å²) in [6.07, 6.45) is 6.70. The number of nitrogens with one attached hydrogen (secondary N) is 1. The molecule has 0 unspecified atom stereocenters. The fourth-order valence-corrected chi connectivity index (χ4v) is 5.08. The highest BCUT2D eigenvalue weighted by Gasteiger charge is 2.21. The number of rotatable bonds is 10. The number of piperidine rings is 1. The van der Waals surface area contributed by atoms with Gasteiger partial charge in [0.2, 0.25) is 5.91 Å². The zero-order valence-electron chi connectivity index (χ0n) is 23.6. The number of hydrogen-bond acceptors (Lipinski definition) is 8. The van der Waals surface area contributed by atoms with E-state index in [9.17, 15) is 4.79 Å². The fraction of sp³-hybridized carbons (Fsp3) is 0.400. The summed E-state index contributed by atoms with van der Waals surface area (Å²) in [6.45, 7) is 4.79.